The molecule has 0 saturated carbocycles. The SMILES string of the molecule is CC(C)n1cc(CN2CC(Oc3ccccc3F)C2)cn1. The first-order chi connectivity index (χ1) is 10.1. The first-order valence-corrected chi connectivity index (χ1v) is 7.28. The molecule has 0 spiro atoms. The van der Waals surface area contributed by atoms with Crippen molar-refractivity contribution in [2.45, 2.75) is 32.5 Å². The zero-order chi connectivity index (χ0) is 14.8. The van der Waals surface area contributed by atoms with Gasteiger partial charge in [-0.15, -0.1) is 0 Å². The van der Waals surface area contributed by atoms with Crippen molar-refractivity contribution in [2.24, 2.45) is 0 Å². The minimum Gasteiger partial charge on any atom is -0.485 e. The highest BCUT2D eigenvalue weighted by molar-refractivity contribution is 5.24. The van der Waals surface area contributed by atoms with Crippen LogP contribution in [0.4, 0.5) is 4.39 Å². The van der Waals surface area contributed by atoms with Crippen LogP contribution in [-0.2, 0) is 6.54 Å². The molecule has 0 atom stereocenters. The number of para-hydroxylation sites is 1. The van der Waals surface area contributed by atoms with Gasteiger partial charge in [-0.2, -0.15) is 5.10 Å². The monoisotopic (exact) mass is 289 g/mol. The maximum atomic E-state index is 13.5. The lowest BCUT2D eigenvalue weighted by Crippen LogP contribution is -2.53. The highest BCUT2D eigenvalue weighted by Gasteiger charge is 2.29. The fraction of sp³-hybridized carbons (Fsp3) is 0.438. The third-order valence-corrected chi connectivity index (χ3v) is 3.64. The molecule has 1 fully saturated rings. The van der Waals surface area contributed by atoms with E-state index in [0.717, 1.165) is 19.6 Å². The van der Waals surface area contributed by atoms with E-state index in [1.54, 1.807) is 18.2 Å². The number of halogens is 1. The lowest BCUT2D eigenvalue weighted by molar-refractivity contribution is 0.0123. The molecule has 1 aromatic heterocycles. The number of nitrogens with zero attached hydrogens (tertiary/aromatic N) is 3. The quantitative estimate of drug-likeness (QED) is 0.848. The van der Waals surface area contributed by atoms with Crippen molar-refractivity contribution in [1.29, 1.82) is 0 Å². The van der Waals surface area contributed by atoms with Gasteiger partial charge in [0.05, 0.1) is 6.20 Å². The molecule has 2 heterocycles. The normalized spacial score (nSPS) is 16.2. The molecule has 2 aromatic rings. The van der Waals surface area contributed by atoms with E-state index in [4.69, 9.17) is 4.74 Å². The van der Waals surface area contributed by atoms with Crippen LogP contribution in [0, 0.1) is 5.82 Å². The van der Waals surface area contributed by atoms with E-state index in [1.807, 2.05) is 10.9 Å². The average molecular weight is 289 g/mol. The molecule has 0 bridgehead atoms. The van der Waals surface area contributed by atoms with Crippen LogP contribution in [-0.4, -0.2) is 33.9 Å². The number of aromatic nitrogens is 2. The number of rotatable bonds is 5. The summed E-state index contributed by atoms with van der Waals surface area (Å²) in [5, 5.41) is 4.33. The van der Waals surface area contributed by atoms with Gasteiger partial charge in [-0.25, -0.2) is 4.39 Å². The summed E-state index contributed by atoms with van der Waals surface area (Å²) in [6, 6.07) is 6.93. The second-order valence-electron chi connectivity index (χ2n) is 5.79. The molecule has 0 radical (unpaired) electrons. The molecule has 112 valence electrons. The third-order valence-electron chi connectivity index (χ3n) is 3.64. The van der Waals surface area contributed by atoms with E-state index in [0.29, 0.717) is 11.8 Å². The lowest BCUT2D eigenvalue weighted by Gasteiger charge is -2.38. The molecule has 5 heteroatoms. The fourth-order valence-electron chi connectivity index (χ4n) is 2.45. The van der Waals surface area contributed by atoms with Gasteiger partial charge in [0.15, 0.2) is 11.6 Å². The topological polar surface area (TPSA) is 30.3 Å². The minimum atomic E-state index is -0.297. The van der Waals surface area contributed by atoms with Crippen LogP contribution in [0.5, 0.6) is 5.75 Å². The van der Waals surface area contributed by atoms with Gasteiger partial charge < -0.3 is 4.74 Å². The largest absolute Gasteiger partial charge is 0.485 e. The van der Waals surface area contributed by atoms with Crippen molar-refractivity contribution in [3.63, 3.8) is 0 Å². The smallest absolute Gasteiger partial charge is 0.165 e. The van der Waals surface area contributed by atoms with Crippen molar-refractivity contribution in [2.75, 3.05) is 13.1 Å². The molecular formula is C16H20FN3O. The Balaban J connectivity index is 1.48. The summed E-state index contributed by atoms with van der Waals surface area (Å²) in [5.41, 5.74) is 1.20. The maximum Gasteiger partial charge on any atom is 0.165 e. The van der Waals surface area contributed by atoms with E-state index in [2.05, 4.69) is 30.0 Å². The molecule has 1 aromatic carbocycles. The third kappa shape index (κ3) is 3.24. The predicted molar refractivity (Wildman–Crippen MR) is 78.7 cm³/mol. The number of benzene rings is 1. The van der Waals surface area contributed by atoms with Crippen LogP contribution in [0.1, 0.15) is 25.5 Å². The standard InChI is InChI=1S/C16H20FN3O/c1-12(2)20-9-13(7-18-20)8-19-10-14(11-19)21-16-6-4-3-5-15(16)17/h3-7,9,12,14H,8,10-11H2,1-2H3. The predicted octanol–water partition coefficient (Wildman–Crippen LogP) is 2.87. The van der Waals surface area contributed by atoms with Crippen LogP contribution in [0.25, 0.3) is 0 Å². The summed E-state index contributed by atoms with van der Waals surface area (Å²) in [6.07, 6.45) is 4.06. The Morgan fingerprint density at radius 1 is 1.33 bits per heavy atom. The molecular weight excluding hydrogens is 269 g/mol. The molecule has 1 aliphatic heterocycles. The van der Waals surface area contributed by atoms with Crippen molar-refractivity contribution in [1.82, 2.24) is 14.7 Å². The molecule has 1 saturated heterocycles. The summed E-state index contributed by atoms with van der Waals surface area (Å²) in [6.45, 7) is 6.73. The maximum absolute atomic E-state index is 13.5. The van der Waals surface area contributed by atoms with E-state index in [1.165, 1.54) is 11.6 Å². The Bertz CT molecular complexity index is 605. The average Bonchev–Trinajstić information content (AvgIpc) is 2.87. The second kappa shape index (κ2) is 5.85. The molecule has 21 heavy (non-hydrogen) atoms. The van der Waals surface area contributed by atoms with Crippen molar-refractivity contribution < 1.29 is 9.13 Å². The summed E-state index contributed by atoms with van der Waals surface area (Å²) >= 11 is 0. The Morgan fingerprint density at radius 3 is 2.76 bits per heavy atom. The van der Waals surface area contributed by atoms with Gasteiger partial charge in [0.2, 0.25) is 0 Å². The van der Waals surface area contributed by atoms with E-state index in [9.17, 15) is 4.39 Å². The van der Waals surface area contributed by atoms with Gasteiger partial charge in [0, 0.05) is 37.4 Å². The Labute approximate surface area is 124 Å². The summed E-state index contributed by atoms with van der Waals surface area (Å²) in [5.74, 6) is 0.0453. The van der Waals surface area contributed by atoms with Gasteiger partial charge in [0.25, 0.3) is 0 Å². The first-order valence-electron chi connectivity index (χ1n) is 7.28. The Hall–Kier alpha value is -1.88. The van der Waals surface area contributed by atoms with Crippen LogP contribution in [0.3, 0.4) is 0 Å². The molecule has 0 amide bonds. The number of hydrogen-bond donors (Lipinski definition) is 0. The minimum absolute atomic E-state index is 0.0713. The zero-order valence-corrected chi connectivity index (χ0v) is 12.4. The van der Waals surface area contributed by atoms with Crippen LogP contribution >= 0.6 is 0 Å². The van der Waals surface area contributed by atoms with Crippen molar-refractivity contribution in [3.05, 3.63) is 48.0 Å². The zero-order valence-electron chi connectivity index (χ0n) is 12.4. The summed E-state index contributed by atoms with van der Waals surface area (Å²) in [4.78, 5) is 2.27. The van der Waals surface area contributed by atoms with Crippen LogP contribution in [0.15, 0.2) is 36.7 Å². The lowest BCUT2D eigenvalue weighted by atomic mass is 10.1. The first kappa shape index (κ1) is 14.1. The van der Waals surface area contributed by atoms with Crippen molar-refractivity contribution >= 4 is 0 Å². The highest BCUT2D eigenvalue weighted by Crippen LogP contribution is 2.22. The van der Waals surface area contributed by atoms with Gasteiger partial charge in [-0.1, -0.05) is 12.1 Å². The Kier molecular flexibility index (Phi) is 3.92. The summed E-state index contributed by atoms with van der Waals surface area (Å²) in [7, 11) is 0. The molecule has 3 rings (SSSR count). The van der Waals surface area contributed by atoms with Crippen LogP contribution in [0.2, 0.25) is 0 Å². The summed E-state index contributed by atoms with van der Waals surface area (Å²) < 4.78 is 21.1. The van der Waals surface area contributed by atoms with Gasteiger partial charge in [-0.05, 0) is 26.0 Å². The molecule has 1 aliphatic rings. The highest BCUT2D eigenvalue weighted by atomic mass is 19.1. The van der Waals surface area contributed by atoms with E-state index in [-0.39, 0.29) is 11.9 Å². The number of hydrogen-bond acceptors (Lipinski definition) is 3. The molecule has 0 N–H and O–H groups in total. The molecule has 0 aliphatic carbocycles. The second-order valence-corrected chi connectivity index (χ2v) is 5.79. The van der Waals surface area contributed by atoms with Gasteiger partial charge in [0.1, 0.15) is 6.10 Å². The van der Waals surface area contributed by atoms with Gasteiger partial charge >= 0.3 is 0 Å². The Morgan fingerprint density at radius 2 is 2.10 bits per heavy atom. The van der Waals surface area contributed by atoms with E-state index >= 15 is 0 Å². The molecule has 4 nitrogen and oxygen atoms in total. The fourth-order valence-corrected chi connectivity index (χ4v) is 2.45. The van der Waals surface area contributed by atoms with Crippen LogP contribution < -0.4 is 4.74 Å². The van der Waals surface area contributed by atoms with E-state index < -0.39 is 0 Å². The number of likely N-dealkylation sites (tertiary alicyclic amines) is 1. The van der Waals surface area contributed by atoms with Crippen molar-refractivity contribution in [3.8, 4) is 5.75 Å². The molecule has 0 unspecified atom stereocenters. The van der Waals surface area contributed by atoms with Gasteiger partial charge in [-0.3, -0.25) is 9.58 Å². The number of ether oxygens (including phenoxy) is 1.